The van der Waals surface area contributed by atoms with Crippen LogP contribution in [0.5, 0.6) is 0 Å². The van der Waals surface area contributed by atoms with E-state index in [1.807, 2.05) is 0 Å². The summed E-state index contributed by atoms with van der Waals surface area (Å²) in [5.74, 6) is -0.466. The molecule has 2 atom stereocenters. The lowest BCUT2D eigenvalue weighted by Crippen LogP contribution is -2.29. The Morgan fingerprint density at radius 1 is 1.37 bits per heavy atom. The SMILES string of the molecule is CC(C)(C)OC(=O)C[C@H](O)C[C@H](O)Cn1cccn1. The van der Waals surface area contributed by atoms with Crippen LogP contribution >= 0.6 is 0 Å². The Morgan fingerprint density at radius 2 is 2.05 bits per heavy atom. The monoisotopic (exact) mass is 270 g/mol. The molecule has 108 valence electrons. The number of aromatic nitrogens is 2. The summed E-state index contributed by atoms with van der Waals surface area (Å²) in [6.45, 7) is 5.59. The van der Waals surface area contributed by atoms with Crippen molar-refractivity contribution in [2.24, 2.45) is 0 Å². The molecule has 1 aromatic heterocycles. The summed E-state index contributed by atoms with van der Waals surface area (Å²) in [5, 5.41) is 23.4. The van der Waals surface area contributed by atoms with Crippen molar-refractivity contribution in [3.8, 4) is 0 Å². The van der Waals surface area contributed by atoms with Gasteiger partial charge in [0.25, 0.3) is 0 Å². The van der Waals surface area contributed by atoms with Crippen LogP contribution in [-0.2, 0) is 16.1 Å². The molecule has 0 fully saturated rings. The van der Waals surface area contributed by atoms with Gasteiger partial charge >= 0.3 is 5.97 Å². The third-order valence-electron chi connectivity index (χ3n) is 2.32. The standard InChI is InChI=1S/C13H22N2O4/c1-13(2,3)19-12(18)8-10(16)7-11(17)9-15-6-4-5-14-15/h4-6,10-11,16-17H,7-9H2,1-3H3/t10-,11+/m1/s1. The molecule has 0 spiro atoms. The molecule has 6 nitrogen and oxygen atoms in total. The molecule has 0 saturated heterocycles. The first-order valence-corrected chi connectivity index (χ1v) is 6.31. The molecule has 0 amide bonds. The van der Waals surface area contributed by atoms with Crippen LogP contribution in [0, 0.1) is 0 Å². The molecule has 0 unspecified atom stereocenters. The highest BCUT2D eigenvalue weighted by Crippen LogP contribution is 2.11. The van der Waals surface area contributed by atoms with Crippen LogP contribution in [-0.4, -0.2) is 43.8 Å². The molecule has 0 saturated carbocycles. The summed E-state index contributed by atoms with van der Waals surface area (Å²) >= 11 is 0. The predicted molar refractivity (Wildman–Crippen MR) is 69.3 cm³/mol. The first-order valence-electron chi connectivity index (χ1n) is 6.31. The molecule has 1 aromatic rings. The average molecular weight is 270 g/mol. The number of nitrogens with zero attached hydrogens (tertiary/aromatic N) is 2. The van der Waals surface area contributed by atoms with Crippen LogP contribution in [0.4, 0.5) is 0 Å². The lowest BCUT2D eigenvalue weighted by atomic mass is 10.1. The Morgan fingerprint density at radius 3 is 2.58 bits per heavy atom. The van der Waals surface area contributed by atoms with Crippen molar-refractivity contribution in [1.82, 2.24) is 9.78 Å². The van der Waals surface area contributed by atoms with E-state index in [1.165, 1.54) is 0 Å². The molecule has 0 aromatic carbocycles. The van der Waals surface area contributed by atoms with E-state index in [0.717, 1.165) is 0 Å². The summed E-state index contributed by atoms with van der Waals surface area (Å²) in [6.07, 6.45) is 1.66. The molecular formula is C13H22N2O4. The Labute approximate surface area is 113 Å². The van der Waals surface area contributed by atoms with Crippen molar-refractivity contribution in [2.75, 3.05) is 0 Å². The zero-order valence-corrected chi connectivity index (χ0v) is 11.6. The minimum Gasteiger partial charge on any atom is -0.460 e. The van der Waals surface area contributed by atoms with E-state index < -0.39 is 23.8 Å². The van der Waals surface area contributed by atoms with Gasteiger partial charge < -0.3 is 14.9 Å². The topological polar surface area (TPSA) is 84.6 Å². The maximum atomic E-state index is 11.5. The molecule has 0 aliphatic carbocycles. The molecular weight excluding hydrogens is 248 g/mol. The minimum atomic E-state index is -0.916. The highest BCUT2D eigenvalue weighted by Gasteiger charge is 2.21. The van der Waals surface area contributed by atoms with Gasteiger partial charge in [-0.3, -0.25) is 9.48 Å². The van der Waals surface area contributed by atoms with Gasteiger partial charge in [-0.25, -0.2) is 0 Å². The van der Waals surface area contributed by atoms with E-state index in [-0.39, 0.29) is 12.8 Å². The molecule has 1 heterocycles. The smallest absolute Gasteiger partial charge is 0.308 e. The van der Waals surface area contributed by atoms with Gasteiger partial charge in [-0.05, 0) is 26.8 Å². The Hall–Kier alpha value is -1.40. The van der Waals surface area contributed by atoms with Crippen LogP contribution in [0.1, 0.15) is 33.6 Å². The largest absolute Gasteiger partial charge is 0.460 e. The lowest BCUT2D eigenvalue weighted by Gasteiger charge is -2.21. The van der Waals surface area contributed by atoms with Crippen molar-refractivity contribution in [3.05, 3.63) is 18.5 Å². The van der Waals surface area contributed by atoms with Gasteiger partial charge in [-0.1, -0.05) is 0 Å². The molecule has 1 rings (SSSR count). The predicted octanol–water partition coefficient (Wildman–Crippen LogP) is 0.727. The van der Waals surface area contributed by atoms with Crippen molar-refractivity contribution < 1.29 is 19.7 Å². The second kappa shape index (κ2) is 6.68. The number of ether oxygens (including phenoxy) is 1. The van der Waals surface area contributed by atoms with Crippen molar-refractivity contribution in [3.63, 3.8) is 0 Å². The van der Waals surface area contributed by atoms with Crippen LogP contribution in [0.15, 0.2) is 18.5 Å². The fourth-order valence-corrected chi connectivity index (χ4v) is 1.67. The molecule has 0 aliphatic heterocycles. The quantitative estimate of drug-likeness (QED) is 0.744. The summed E-state index contributed by atoms with van der Waals surface area (Å²) in [6, 6.07) is 1.75. The number of hydrogen-bond acceptors (Lipinski definition) is 5. The number of rotatable bonds is 6. The zero-order valence-electron chi connectivity index (χ0n) is 11.6. The van der Waals surface area contributed by atoms with Crippen molar-refractivity contribution in [1.29, 1.82) is 0 Å². The number of carbonyl (C=O) groups is 1. The van der Waals surface area contributed by atoms with Crippen molar-refractivity contribution >= 4 is 5.97 Å². The number of aliphatic hydroxyl groups excluding tert-OH is 2. The second-order valence-corrected chi connectivity index (χ2v) is 5.56. The highest BCUT2D eigenvalue weighted by molar-refractivity contribution is 5.70. The minimum absolute atomic E-state index is 0.110. The molecule has 2 N–H and O–H groups in total. The van der Waals surface area contributed by atoms with Gasteiger partial charge in [-0.2, -0.15) is 5.10 Å². The summed E-state index contributed by atoms with van der Waals surface area (Å²) in [5.41, 5.74) is -0.565. The van der Waals surface area contributed by atoms with E-state index in [2.05, 4.69) is 5.10 Å². The summed E-state index contributed by atoms with van der Waals surface area (Å²) < 4.78 is 6.67. The molecule has 0 aliphatic rings. The van der Waals surface area contributed by atoms with Gasteiger partial charge in [0.2, 0.25) is 0 Å². The van der Waals surface area contributed by atoms with E-state index in [1.54, 1.807) is 43.9 Å². The first kappa shape index (κ1) is 15.7. The number of esters is 1. The first-order chi connectivity index (χ1) is 8.76. The van der Waals surface area contributed by atoms with Crippen LogP contribution in [0.25, 0.3) is 0 Å². The molecule has 19 heavy (non-hydrogen) atoms. The fourth-order valence-electron chi connectivity index (χ4n) is 1.67. The van der Waals surface area contributed by atoms with Crippen LogP contribution in [0.3, 0.4) is 0 Å². The van der Waals surface area contributed by atoms with Crippen LogP contribution in [0.2, 0.25) is 0 Å². The maximum absolute atomic E-state index is 11.5. The Kier molecular flexibility index (Phi) is 5.50. The van der Waals surface area contributed by atoms with E-state index in [9.17, 15) is 15.0 Å². The van der Waals surface area contributed by atoms with Gasteiger partial charge in [-0.15, -0.1) is 0 Å². The van der Waals surface area contributed by atoms with Crippen LogP contribution < -0.4 is 0 Å². The highest BCUT2D eigenvalue weighted by atomic mass is 16.6. The van der Waals surface area contributed by atoms with E-state index in [4.69, 9.17) is 4.74 Å². The third-order valence-corrected chi connectivity index (χ3v) is 2.32. The molecule has 0 bridgehead atoms. The van der Waals surface area contributed by atoms with Crippen molar-refractivity contribution in [2.45, 2.75) is 58.0 Å². The van der Waals surface area contributed by atoms with Gasteiger partial charge in [0.1, 0.15) is 5.60 Å². The van der Waals surface area contributed by atoms with Gasteiger partial charge in [0.05, 0.1) is 25.2 Å². The van der Waals surface area contributed by atoms with E-state index in [0.29, 0.717) is 6.54 Å². The molecule has 6 heteroatoms. The number of carbonyl (C=O) groups excluding carboxylic acids is 1. The normalized spacial score (nSPS) is 15.0. The lowest BCUT2D eigenvalue weighted by molar-refractivity contribution is -0.157. The number of aliphatic hydroxyl groups is 2. The second-order valence-electron chi connectivity index (χ2n) is 5.56. The van der Waals surface area contributed by atoms with Gasteiger partial charge in [0.15, 0.2) is 0 Å². The average Bonchev–Trinajstić information content (AvgIpc) is 2.65. The summed E-state index contributed by atoms with van der Waals surface area (Å²) in [7, 11) is 0. The molecule has 0 radical (unpaired) electrons. The Bertz CT molecular complexity index is 384. The summed E-state index contributed by atoms with van der Waals surface area (Å²) in [4.78, 5) is 11.5. The number of hydrogen-bond donors (Lipinski definition) is 2. The third kappa shape index (κ3) is 6.93. The zero-order chi connectivity index (χ0) is 14.5. The Balaban J connectivity index is 2.30. The maximum Gasteiger partial charge on any atom is 0.308 e. The fraction of sp³-hybridized carbons (Fsp3) is 0.692. The van der Waals surface area contributed by atoms with Gasteiger partial charge in [0, 0.05) is 18.8 Å². The van der Waals surface area contributed by atoms with E-state index >= 15 is 0 Å².